The van der Waals surface area contributed by atoms with Gasteiger partial charge in [-0.1, -0.05) is 36.4 Å². The minimum Gasteiger partial charge on any atom is -0.437 e. The second-order valence-corrected chi connectivity index (χ2v) is 5.60. The lowest BCUT2D eigenvalue weighted by molar-refractivity contribution is 0.581. The maximum atomic E-state index is 13.7. The summed E-state index contributed by atoms with van der Waals surface area (Å²) in [6.45, 7) is 0. The van der Waals surface area contributed by atoms with Crippen molar-refractivity contribution in [2.24, 2.45) is 0 Å². The van der Waals surface area contributed by atoms with E-state index in [0.29, 0.717) is 11.5 Å². The first-order valence-corrected chi connectivity index (χ1v) is 7.78. The molecule has 2 nitrogen and oxygen atoms in total. The molecule has 0 aliphatic heterocycles. The SMILES string of the molecule is Fc1ccc(C=Cc2nc3ccc(-c4ccccc4)cc3o2)c(F)c1. The summed E-state index contributed by atoms with van der Waals surface area (Å²) in [5.74, 6) is -0.868. The standard InChI is InChI=1S/C21H13F2NO/c22-17-9-6-15(18(23)13-17)8-11-21-24-19-10-7-16(12-20(19)25-21)14-4-2-1-3-5-14/h1-13H. The Morgan fingerprint density at radius 3 is 2.44 bits per heavy atom. The number of fused-ring (bicyclic) bond motifs is 1. The number of nitrogens with zero attached hydrogens (tertiary/aromatic N) is 1. The highest BCUT2D eigenvalue weighted by molar-refractivity contribution is 5.81. The van der Waals surface area contributed by atoms with Crippen molar-refractivity contribution >= 4 is 23.3 Å². The predicted molar refractivity (Wildman–Crippen MR) is 94.7 cm³/mol. The Hall–Kier alpha value is -3.27. The number of hydrogen-bond acceptors (Lipinski definition) is 2. The maximum Gasteiger partial charge on any atom is 0.220 e. The molecule has 4 aromatic rings. The van der Waals surface area contributed by atoms with E-state index in [9.17, 15) is 8.78 Å². The molecule has 0 saturated heterocycles. The van der Waals surface area contributed by atoms with Crippen molar-refractivity contribution in [2.45, 2.75) is 0 Å². The first-order valence-electron chi connectivity index (χ1n) is 7.78. The molecule has 0 fully saturated rings. The summed E-state index contributed by atoms with van der Waals surface area (Å²) in [6.07, 6.45) is 3.08. The lowest BCUT2D eigenvalue weighted by Gasteiger charge is -1.99. The summed E-state index contributed by atoms with van der Waals surface area (Å²) >= 11 is 0. The fourth-order valence-electron chi connectivity index (χ4n) is 2.62. The Labute approximate surface area is 143 Å². The number of aromatic nitrogens is 1. The quantitative estimate of drug-likeness (QED) is 0.463. The first-order chi connectivity index (χ1) is 12.2. The third-order valence-corrected chi connectivity index (χ3v) is 3.88. The van der Waals surface area contributed by atoms with Crippen LogP contribution in [0, 0.1) is 11.6 Å². The first kappa shape index (κ1) is 15.3. The van der Waals surface area contributed by atoms with Crippen molar-refractivity contribution < 1.29 is 13.2 Å². The van der Waals surface area contributed by atoms with E-state index in [1.165, 1.54) is 18.2 Å². The summed E-state index contributed by atoms with van der Waals surface area (Å²) in [6, 6.07) is 19.2. The van der Waals surface area contributed by atoms with Gasteiger partial charge in [0.2, 0.25) is 5.89 Å². The largest absolute Gasteiger partial charge is 0.437 e. The molecule has 0 unspecified atom stereocenters. The van der Waals surface area contributed by atoms with Crippen molar-refractivity contribution in [1.82, 2.24) is 4.98 Å². The molecule has 0 radical (unpaired) electrons. The Bertz CT molecular complexity index is 1070. The van der Waals surface area contributed by atoms with Crippen LogP contribution >= 0.6 is 0 Å². The van der Waals surface area contributed by atoms with E-state index in [2.05, 4.69) is 4.98 Å². The van der Waals surface area contributed by atoms with E-state index < -0.39 is 11.6 Å². The summed E-state index contributed by atoms with van der Waals surface area (Å²) in [4.78, 5) is 4.36. The minimum absolute atomic E-state index is 0.272. The zero-order chi connectivity index (χ0) is 17.2. The summed E-state index contributed by atoms with van der Waals surface area (Å²) in [7, 11) is 0. The van der Waals surface area contributed by atoms with Gasteiger partial charge in [-0.25, -0.2) is 13.8 Å². The lowest BCUT2D eigenvalue weighted by atomic mass is 10.1. The average Bonchev–Trinajstić information content (AvgIpc) is 3.04. The van der Waals surface area contributed by atoms with Crippen molar-refractivity contribution in [2.75, 3.05) is 0 Å². The van der Waals surface area contributed by atoms with Gasteiger partial charge in [-0.3, -0.25) is 0 Å². The molecule has 0 saturated carbocycles. The van der Waals surface area contributed by atoms with Gasteiger partial charge in [-0.2, -0.15) is 0 Å². The van der Waals surface area contributed by atoms with Crippen LogP contribution in [0.15, 0.2) is 71.1 Å². The van der Waals surface area contributed by atoms with Gasteiger partial charge in [0.15, 0.2) is 5.58 Å². The summed E-state index contributed by atoms with van der Waals surface area (Å²) in [5.41, 5.74) is 3.77. The molecular weight excluding hydrogens is 320 g/mol. The number of hydrogen-bond donors (Lipinski definition) is 0. The van der Waals surface area contributed by atoms with Crippen LogP contribution in [0.3, 0.4) is 0 Å². The molecule has 4 heteroatoms. The Kier molecular flexibility index (Phi) is 3.86. The molecule has 0 N–H and O–H groups in total. The molecule has 4 rings (SSSR count). The van der Waals surface area contributed by atoms with Crippen LogP contribution in [-0.2, 0) is 0 Å². The van der Waals surface area contributed by atoms with E-state index in [1.807, 2.05) is 48.5 Å². The number of halogens is 2. The topological polar surface area (TPSA) is 26.0 Å². The smallest absolute Gasteiger partial charge is 0.220 e. The van der Waals surface area contributed by atoms with E-state index >= 15 is 0 Å². The van der Waals surface area contributed by atoms with Crippen LogP contribution in [0.4, 0.5) is 8.78 Å². The lowest BCUT2D eigenvalue weighted by Crippen LogP contribution is -1.83. The van der Waals surface area contributed by atoms with E-state index in [-0.39, 0.29) is 5.56 Å². The van der Waals surface area contributed by atoms with E-state index in [0.717, 1.165) is 22.7 Å². The molecule has 25 heavy (non-hydrogen) atoms. The zero-order valence-electron chi connectivity index (χ0n) is 13.1. The third-order valence-electron chi connectivity index (χ3n) is 3.88. The highest BCUT2D eigenvalue weighted by Crippen LogP contribution is 2.25. The van der Waals surface area contributed by atoms with Crippen molar-refractivity contribution in [3.05, 3.63) is 89.8 Å². The molecule has 0 aliphatic rings. The van der Waals surface area contributed by atoms with Gasteiger partial charge in [0.1, 0.15) is 17.2 Å². The molecule has 1 aromatic heterocycles. The normalized spacial score (nSPS) is 11.4. The molecule has 122 valence electrons. The Balaban J connectivity index is 1.66. The van der Waals surface area contributed by atoms with Gasteiger partial charge in [-0.15, -0.1) is 0 Å². The van der Waals surface area contributed by atoms with Crippen LogP contribution in [0.5, 0.6) is 0 Å². The second-order valence-electron chi connectivity index (χ2n) is 5.60. The number of benzene rings is 3. The molecule has 0 amide bonds. The van der Waals surface area contributed by atoms with Gasteiger partial charge in [-0.05, 0) is 41.5 Å². The van der Waals surface area contributed by atoms with E-state index in [1.54, 1.807) is 6.08 Å². The molecule has 0 aliphatic carbocycles. The number of rotatable bonds is 3. The van der Waals surface area contributed by atoms with Crippen LogP contribution in [-0.4, -0.2) is 4.98 Å². The van der Waals surface area contributed by atoms with Gasteiger partial charge in [0.05, 0.1) is 0 Å². The average molecular weight is 333 g/mol. The summed E-state index contributed by atoms with van der Waals surface area (Å²) < 4.78 is 32.3. The molecular formula is C21H13F2NO. The van der Waals surface area contributed by atoms with Gasteiger partial charge in [0, 0.05) is 17.7 Å². The van der Waals surface area contributed by atoms with Gasteiger partial charge >= 0.3 is 0 Å². The highest BCUT2D eigenvalue weighted by atomic mass is 19.1. The number of oxazole rings is 1. The Morgan fingerprint density at radius 2 is 1.64 bits per heavy atom. The van der Waals surface area contributed by atoms with Crippen LogP contribution in [0.2, 0.25) is 0 Å². The molecule has 1 heterocycles. The van der Waals surface area contributed by atoms with Crippen LogP contribution < -0.4 is 0 Å². The fourth-order valence-corrected chi connectivity index (χ4v) is 2.62. The van der Waals surface area contributed by atoms with E-state index in [4.69, 9.17) is 4.42 Å². The third kappa shape index (κ3) is 3.19. The summed E-state index contributed by atoms with van der Waals surface area (Å²) in [5, 5.41) is 0. The monoisotopic (exact) mass is 333 g/mol. The van der Waals surface area contributed by atoms with Crippen molar-refractivity contribution in [3.8, 4) is 11.1 Å². The van der Waals surface area contributed by atoms with Gasteiger partial charge < -0.3 is 4.42 Å². The van der Waals surface area contributed by atoms with Crippen LogP contribution in [0.25, 0.3) is 34.4 Å². The molecule has 0 bridgehead atoms. The predicted octanol–water partition coefficient (Wildman–Crippen LogP) is 5.94. The Morgan fingerprint density at radius 1 is 0.800 bits per heavy atom. The fraction of sp³-hybridized carbons (Fsp3) is 0. The maximum absolute atomic E-state index is 13.7. The molecule has 3 aromatic carbocycles. The molecule has 0 spiro atoms. The van der Waals surface area contributed by atoms with Crippen molar-refractivity contribution in [1.29, 1.82) is 0 Å². The second kappa shape index (κ2) is 6.32. The van der Waals surface area contributed by atoms with Gasteiger partial charge in [0.25, 0.3) is 0 Å². The van der Waals surface area contributed by atoms with Crippen LogP contribution in [0.1, 0.15) is 11.5 Å². The zero-order valence-corrected chi connectivity index (χ0v) is 13.1. The van der Waals surface area contributed by atoms with Crippen molar-refractivity contribution in [3.63, 3.8) is 0 Å². The minimum atomic E-state index is -0.626. The molecule has 0 atom stereocenters. The highest BCUT2D eigenvalue weighted by Gasteiger charge is 2.06.